The van der Waals surface area contributed by atoms with Crippen molar-refractivity contribution in [3.8, 4) is 0 Å². The number of likely N-dealkylation sites (N-methyl/N-ethyl adjacent to an activating group) is 1. The fourth-order valence-electron chi connectivity index (χ4n) is 4.15. The van der Waals surface area contributed by atoms with Crippen molar-refractivity contribution < 1.29 is 0 Å². The molecule has 2 atom stereocenters. The first-order chi connectivity index (χ1) is 10.6. The van der Waals surface area contributed by atoms with Gasteiger partial charge in [-0.2, -0.15) is 0 Å². The summed E-state index contributed by atoms with van der Waals surface area (Å²) in [6.07, 6.45) is 8.17. The van der Waals surface area contributed by atoms with Crippen molar-refractivity contribution in [2.75, 3.05) is 20.1 Å². The van der Waals surface area contributed by atoms with Gasteiger partial charge in [0.2, 0.25) is 0 Å². The zero-order valence-corrected chi connectivity index (χ0v) is 14.9. The monoisotopic (exact) mass is 340 g/mol. The molecule has 1 saturated heterocycles. The molecule has 0 bridgehead atoms. The van der Waals surface area contributed by atoms with Crippen LogP contribution in [0.4, 0.5) is 0 Å². The van der Waals surface area contributed by atoms with Crippen LogP contribution < -0.4 is 0 Å². The largest absolute Gasteiger partial charge is 0.299 e. The molecule has 1 aliphatic heterocycles. The molecule has 0 radical (unpaired) electrons. The van der Waals surface area contributed by atoms with Gasteiger partial charge in [0.05, 0.1) is 10.0 Å². The second-order valence-corrected chi connectivity index (χ2v) is 7.64. The van der Waals surface area contributed by atoms with Gasteiger partial charge in [0.1, 0.15) is 0 Å². The molecule has 122 valence electrons. The number of hydrogen-bond acceptors (Lipinski definition) is 2. The highest BCUT2D eigenvalue weighted by Crippen LogP contribution is 2.30. The van der Waals surface area contributed by atoms with Gasteiger partial charge < -0.3 is 0 Å². The molecule has 0 amide bonds. The van der Waals surface area contributed by atoms with Crippen LogP contribution in [-0.4, -0.2) is 42.0 Å². The first-order valence-electron chi connectivity index (χ1n) is 8.53. The van der Waals surface area contributed by atoms with Crippen molar-refractivity contribution in [3.05, 3.63) is 33.8 Å². The van der Waals surface area contributed by atoms with Crippen molar-refractivity contribution >= 4 is 23.2 Å². The molecule has 4 heteroatoms. The molecule has 1 aromatic rings. The van der Waals surface area contributed by atoms with Crippen LogP contribution in [0.25, 0.3) is 0 Å². The second kappa shape index (κ2) is 7.53. The quantitative estimate of drug-likeness (QED) is 0.774. The predicted octanol–water partition coefficient (Wildman–Crippen LogP) is 4.83. The van der Waals surface area contributed by atoms with Crippen LogP contribution in [0, 0.1) is 0 Å². The molecular formula is C18H26Cl2N2. The van der Waals surface area contributed by atoms with Gasteiger partial charge in [0, 0.05) is 18.6 Å². The molecule has 2 aliphatic rings. The van der Waals surface area contributed by atoms with Gasteiger partial charge in [0.25, 0.3) is 0 Å². The van der Waals surface area contributed by atoms with Crippen LogP contribution in [-0.2, 0) is 6.54 Å². The fraction of sp³-hybridized carbons (Fsp3) is 0.667. The second-order valence-electron chi connectivity index (χ2n) is 6.83. The lowest BCUT2D eigenvalue weighted by atomic mass is 9.88. The van der Waals surface area contributed by atoms with Crippen molar-refractivity contribution in [2.24, 2.45) is 0 Å². The number of likely N-dealkylation sites (tertiary alicyclic amines) is 1. The van der Waals surface area contributed by atoms with Gasteiger partial charge in [-0.05, 0) is 63.5 Å². The molecule has 3 rings (SSSR count). The summed E-state index contributed by atoms with van der Waals surface area (Å²) in [7, 11) is 2.27. The zero-order valence-electron chi connectivity index (χ0n) is 13.4. The summed E-state index contributed by atoms with van der Waals surface area (Å²) in [4.78, 5) is 5.26. The Morgan fingerprint density at radius 1 is 1.05 bits per heavy atom. The van der Waals surface area contributed by atoms with E-state index in [9.17, 15) is 0 Å². The zero-order chi connectivity index (χ0) is 15.5. The van der Waals surface area contributed by atoms with E-state index in [1.54, 1.807) is 0 Å². The Hall–Kier alpha value is -0.280. The maximum atomic E-state index is 6.16. The van der Waals surface area contributed by atoms with Crippen molar-refractivity contribution in [2.45, 2.75) is 57.2 Å². The SMILES string of the molecule is CN(Cc1ccc(Cl)c(Cl)c1)[C@@H]1CCCC[C@@H]1N1CCCC1. The first kappa shape index (κ1) is 16.6. The third-order valence-corrected chi connectivity index (χ3v) is 6.02. The van der Waals surface area contributed by atoms with Crippen LogP contribution in [0.2, 0.25) is 10.0 Å². The number of hydrogen-bond donors (Lipinski definition) is 0. The molecule has 0 unspecified atom stereocenters. The molecule has 2 fully saturated rings. The van der Waals surface area contributed by atoms with Gasteiger partial charge in [-0.3, -0.25) is 9.80 Å². The summed E-state index contributed by atoms with van der Waals surface area (Å²) in [6.45, 7) is 3.54. The van der Waals surface area contributed by atoms with E-state index < -0.39 is 0 Å². The molecule has 1 saturated carbocycles. The van der Waals surface area contributed by atoms with Crippen LogP contribution in [0.1, 0.15) is 44.1 Å². The molecule has 0 aromatic heterocycles. The van der Waals surface area contributed by atoms with Crippen LogP contribution in [0.3, 0.4) is 0 Å². The highest BCUT2D eigenvalue weighted by Gasteiger charge is 2.33. The lowest BCUT2D eigenvalue weighted by molar-refractivity contribution is 0.0723. The predicted molar refractivity (Wildman–Crippen MR) is 94.8 cm³/mol. The highest BCUT2D eigenvalue weighted by molar-refractivity contribution is 6.42. The van der Waals surface area contributed by atoms with E-state index in [4.69, 9.17) is 23.2 Å². The summed E-state index contributed by atoms with van der Waals surface area (Å²) in [6, 6.07) is 7.42. The molecule has 1 aromatic carbocycles. The normalized spacial score (nSPS) is 26.7. The maximum Gasteiger partial charge on any atom is 0.0595 e. The molecule has 1 aliphatic carbocycles. The minimum Gasteiger partial charge on any atom is -0.299 e. The van der Waals surface area contributed by atoms with Gasteiger partial charge >= 0.3 is 0 Å². The molecule has 1 heterocycles. The highest BCUT2D eigenvalue weighted by atomic mass is 35.5. The van der Waals surface area contributed by atoms with Crippen LogP contribution in [0.15, 0.2) is 18.2 Å². The van der Waals surface area contributed by atoms with E-state index in [1.165, 1.54) is 57.2 Å². The Morgan fingerprint density at radius 3 is 2.50 bits per heavy atom. The van der Waals surface area contributed by atoms with Gasteiger partial charge in [-0.15, -0.1) is 0 Å². The molecule has 2 nitrogen and oxygen atoms in total. The third-order valence-electron chi connectivity index (χ3n) is 5.29. The lowest BCUT2D eigenvalue weighted by Crippen LogP contribution is -2.51. The summed E-state index contributed by atoms with van der Waals surface area (Å²) in [5.41, 5.74) is 1.25. The fourth-order valence-corrected chi connectivity index (χ4v) is 4.47. The van der Waals surface area contributed by atoms with E-state index >= 15 is 0 Å². The minimum absolute atomic E-state index is 0.640. The van der Waals surface area contributed by atoms with Crippen LogP contribution in [0.5, 0.6) is 0 Å². The molecular weight excluding hydrogens is 315 g/mol. The topological polar surface area (TPSA) is 6.48 Å². The summed E-state index contributed by atoms with van der Waals surface area (Å²) >= 11 is 12.2. The molecule has 22 heavy (non-hydrogen) atoms. The van der Waals surface area contributed by atoms with E-state index in [2.05, 4.69) is 22.9 Å². The summed E-state index contributed by atoms with van der Waals surface area (Å²) in [5, 5.41) is 1.30. The maximum absolute atomic E-state index is 6.16. The first-order valence-corrected chi connectivity index (χ1v) is 9.29. The van der Waals surface area contributed by atoms with Gasteiger partial charge in [-0.25, -0.2) is 0 Å². The van der Waals surface area contributed by atoms with Crippen LogP contribution >= 0.6 is 23.2 Å². The van der Waals surface area contributed by atoms with Gasteiger partial charge in [-0.1, -0.05) is 42.1 Å². The number of benzene rings is 1. The summed E-state index contributed by atoms with van der Waals surface area (Å²) < 4.78 is 0. The van der Waals surface area contributed by atoms with E-state index in [1.807, 2.05) is 12.1 Å². The Kier molecular flexibility index (Phi) is 5.67. The lowest BCUT2D eigenvalue weighted by Gasteiger charge is -2.42. The average molecular weight is 341 g/mol. The number of halogens is 2. The van der Waals surface area contributed by atoms with E-state index in [0.29, 0.717) is 16.1 Å². The van der Waals surface area contributed by atoms with E-state index in [-0.39, 0.29) is 0 Å². The Bertz CT molecular complexity index is 500. The summed E-state index contributed by atoms with van der Waals surface area (Å²) in [5.74, 6) is 0. The Morgan fingerprint density at radius 2 is 1.77 bits per heavy atom. The van der Waals surface area contributed by atoms with E-state index in [0.717, 1.165) is 12.6 Å². The standard InChI is InChI=1S/C18H26Cl2N2/c1-21(13-14-8-9-15(19)16(20)12-14)17-6-2-3-7-18(17)22-10-4-5-11-22/h8-9,12,17-18H,2-7,10-11,13H2,1H3/t17-,18+/m1/s1. The average Bonchev–Trinajstić information content (AvgIpc) is 3.05. The Labute approximate surface area is 144 Å². The van der Waals surface area contributed by atoms with Crippen molar-refractivity contribution in [1.29, 1.82) is 0 Å². The number of rotatable bonds is 4. The van der Waals surface area contributed by atoms with Crippen molar-refractivity contribution in [1.82, 2.24) is 9.80 Å². The molecule has 0 N–H and O–H groups in total. The smallest absolute Gasteiger partial charge is 0.0595 e. The number of nitrogens with zero attached hydrogens (tertiary/aromatic N) is 2. The third kappa shape index (κ3) is 3.79. The Balaban J connectivity index is 1.68. The van der Waals surface area contributed by atoms with Gasteiger partial charge in [0.15, 0.2) is 0 Å². The minimum atomic E-state index is 0.640. The van der Waals surface area contributed by atoms with Crippen molar-refractivity contribution in [3.63, 3.8) is 0 Å². The molecule has 0 spiro atoms.